The van der Waals surface area contributed by atoms with Crippen LogP contribution < -0.4 is 15.5 Å². The van der Waals surface area contributed by atoms with E-state index in [4.69, 9.17) is 5.73 Å². The van der Waals surface area contributed by atoms with Crippen LogP contribution in [0.1, 0.15) is 12.8 Å². The Morgan fingerprint density at radius 1 is 1.21 bits per heavy atom. The molecule has 1 aromatic carbocycles. The van der Waals surface area contributed by atoms with Gasteiger partial charge in [0.05, 0.1) is 11.4 Å². The molecule has 1 heterocycles. The van der Waals surface area contributed by atoms with Gasteiger partial charge in [0.25, 0.3) is 0 Å². The van der Waals surface area contributed by atoms with E-state index >= 15 is 0 Å². The van der Waals surface area contributed by atoms with Gasteiger partial charge < -0.3 is 15.5 Å². The van der Waals surface area contributed by atoms with Crippen LogP contribution in [0.4, 0.5) is 11.4 Å². The molecule has 4 nitrogen and oxygen atoms in total. The summed E-state index contributed by atoms with van der Waals surface area (Å²) in [5.41, 5.74) is 7.59. The second-order valence-corrected chi connectivity index (χ2v) is 4.35. The first kappa shape index (κ1) is 18.0. The summed E-state index contributed by atoms with van der Waals surface area (Å²) in [4.78, 5) is 16.1. The number of para-hydroxylation sites is 2. The van der Waals surface area contributed by atoms with E-state index in [2.05, 4.69) is 18.0 Å². The molecule has 0 fully saturated rings. The number of nitrogens with zero attached hydrogens (tertiary/aromatic N) is 2. The molecular weight excluding hydrogens is 285 g/mol. The maximum Gasteiger partial charge on any atom is 0.228 e. The molecule has 1 aliphatic rings. The zero-order valence-electron chi connectivity index (χ0n) is 11.0. The minimum Gasteiger partial charge on any atom is -0.373 e. The molecule has 0 aliphatic carbocycles. The molecule has 0 spiro atoms. The monoisotopic (exact) mass is 305 g/mol. The number of hydrogen-bond acceptors (Lipinski definition) is 3. The highest BCUT2D eigenvalue weighted by atomic mass is 35.5. The average molecular weight is 306 g/mol. The van der Waals surface area contributed by atoms with E-state index in [-0.39, 0.29) is 30.7 Å². The average Bonchev–Trinajstić information content (AvgIpc) is 2.50. The Kier molecular flexibility index (Phi) is 7.83. The van der Waals surface area contributed by atoms with Crippen molar-refractivity contribution in [1.29, 1.82) is 0 Å². The van der Waals surface area contributed by atoms with E-state index in [0.29, 0.717) is 13.0 Å². The minimum atomic E-state index is 0. The first-order chi connectivity index (χ1) is 8.24. The zero-order chi connectivity index (χ0) is 12.3. The molecule has 0 saturated heterocycles. The van der Waals surface area contributed by atoms with Gasteiger partial charge >= 0.3 is 0 Å². The molecule has 0 bridgehead atoms. The molecule has 19 heavy (non-hydrogen) atoms. The standard InChI is InChI=1S/C13H19N3O.2ClH/c1-15-9-4-10-16(13(17)7-8-14)12-6-3-2-5-11(12)15;;/h2-3,5-6H,4,7-10,14H2,1H3;2*1H. The maximum absolute atomic E-state index is 12.0. The number of benzene rings is 1. The zero-order valence-corrected chi connectivity index (χ0v) is 12.7. The van der Waals surface area contributed by atoms with Crippen LogP contribution in [0, 0.1) is 0 Å². The first-order valence-electron chi connectivity index (χ1n) is 6.04. The molecule has 2 rings (SSSR count). The van der Waals surface area contributed by atoms with Gasteiger partial charge in [-0.2, -0.15) is 0 Å². The number of rotatable bonds is 2. The number of amides is 1. The lowest BCUT2D eigenvalue weighted by molar-refractivity contribution is -0.118. The third-order valence-corrected chi connectivity index (χ3v) is 3.12. The topological polar surface area (TPSA) is 49.6 Å². The van der Waals surface area contributed by atoms with E-state index in [1.807, 2.05) is 23.1 Å². The molecule has 6 heteroatoms. The Bertz CT molecular complexity index is 415. The van der Waals surface area contributed by atoms with Crippen LogP contribution >= 0.6 is 24.8 Å². The Morgan fingerprint density at radius 3 is 2.47 bits per heavy atom. The highest BCUT2D eigenvalue weighted by Crippen LogP contribution is 2.31. The molecule has 0 radical (unpaired) electrons. The van der Waals surface area contributed by atoms with Crippen molar-refractivity contribution in [1.82, 2.24) is 0 Å². The minimum absolute atomic E-state index is 0. The van der Waals surface area contributed by atoms with Crippen molar-refractivity contribution in [2.75, 3.05) is 36.5 Å². The molecular formula is C13H21Cl2N3O. The van der Waals surface area contributed by atoms with Crippen molar-refractivity contribution < 1.29 is 4.79 Å². The van der Waals surface area contributed by atoms with E-state index in [0.717, 1.165) is 30.9 Å². The van der Waals surface area contributed by atoms with Crippen molar-refractivity contribution in [3.05, 3.63) is 24.3 Å². The number of carbonyl (C=O) groups is 1. The lowest BCUT2D eigenvalue weighted by atomic mass is 10.2. The predicted octanol–water partition coefficient (Wildman–Crippen LogP) is 2.05. The summed E-state index contributed by atoms with van der Waals surface area (Å²) in [6.07, 6.45) is 1.40. The van der Waals surface area contributed by atoms with Crippen molar-refractivity contribution in [2.24, 2.45) is 5.73 Å². The van der Waals surface area contributed by atoms with Gasteiger partial charge in [0.1, 0.15) is 0 Å². The normalized spacial score (nSPS) is 13.8. The predicted molar refractivity (Wildman–Crippen MR) is 84.8 cm³/mol. The lowest BCUT2D eigenvalue weighted by Crippen LogP contribution is -2.32. The van der Waals surface area contributed by atoms with Crippen molar-refractivity contribution >= 4 is 42.1 Å². The highest BCUT2D eigenvalue weighted by molar-refractivity contribution is 5.97. The van der Waals surface area contributed by atoms with E-state index in [9.17, 15) is 4.79 Å². The molecule has 0 saturated carbocycles. The van der Waals surface area contributed by atoms with Gasteiger partial charge in [-0.05, 0) is 18.6 Å². The molecule has 2 N–H and O–H groups in total. The Labute approximate surface area is 126 Å². The number of anilines is 2. The summed E-state index contributed by atoms with van der Waals surface area (Å²) in [5, 5.41) is 0. The van der Waals surface area contributed by atoms with Crippen molar-refractivity contribution in [3.8, 4) is 0 Å². The Balaban J connectivity index is 0.00000162. The molecule has 0 unspecified atom stereocenters. The van der Waals surface area contributed by atoms with Crippen LogP contribution in [0.2, 0.25) is 0 Å². The fourth-order valence-electron chi connectivity index (χ4n) is 2.24. The van der Waals surface area contributed by atoms with Gasteiger partial charge in [-0.15, -0.1) is 24.8 Å². The largest absolute Gasteiger partial charge is 0.373 e. The second-order valence-electron chi connectivity index (χ2n) is 4.35. The molecule has 0 aromatic heterocycles. The fourth-order valence-corrected chi connectivity index (χ4v) is 2.24. The van der Waals surface area contributed by atoms with Gasteiger partial charge in [-0.3, -0.25) is 4.79 Å². The van der Waals surface area contributed by atoms with E-state index in [1.54, 1.807) is 0 Å². The Hall–Kier alpha value is -0.970. The van der Waals surface area contributed by atoms with E-state index in [1.165, 1.54) is 0 Å². The van der Waals surface area contributed by atoms with Crippen LogP contribution in [0.25, 0.3) is 0 Å². The van der Waals surface area contributed by atoms with Crippen LogP contribution in [0.15, 0.2) is 24.3 Å². The van der Waals surface area contributed by atoms with Gasteiger partial charge in [-0.1, -0.05) is 12.1 Å². The third kappa shape index (κ3) is 4.00. The number of fused-ring (bicyclic) bond motifs is 1. The lowest BCUT2D eigenvalue weighted by Gasteiger charge is -2.24. The smallest absolute Gasteiger partial charge is 0.228 e. The van der Waals surface area contributed by atoms with Gasteiger partial charge in [-0.25, -0.2) is 0 Å². The Morgan fingerprint density at radius 2 is 1.84 bits per heavy atom. The number of hydrogen-bond donors (Lipinski definition) is 1. The highest BCUT2D eigenvalue weighted by Gasteiger charge is 2.22. The van der Waals surface area contributed by atoms with E-state index < -0.39 is 0 Å². The molecule has 1 aliphatic heterocycles. The number of carbonyl (C=O) groups excluding carboxylic acids is 1. The molecule has 1 aromatic rings. The van der Waals surface area contributed by atoms with Gasteiger partial charge in [0.2, 0.25) is 5.91 Å². The van der Waals surface area contributed by atoms with Crippen LogP contribution in [0.3, 0.4) is 0 Å². The SMILES string of the molecule is CN1CCCN(C(=O)CCN)c2ccccc21.Cl.Cl. The van der Waals surface area contributed by atoms with Crippen LogP contribution in [-0.4, -0.2) is 32.6 Å². The van der Waals surface area contributed by atoms with Crippen molar-refractivity contribution in [3.63, 3.8) is 0 Å². The summed E-state index contributed by atoms with van der Waals surface area (Å²) >= 11 is 0. The van der Waals surface area contributed by atoms with Gasteiger partial charge in [0, 0.05) is 33.1 Å². The summed E-state index contributed by atoms with van der Waals surface area (Å²) in [6, 6.07) is 8.04. The molecule has 108 valence electrons. The molecule has 1 amide bonds. The quantitative estimate of drug-likeness (QED) is 0.910. The van der Waals surface area contributed by atoms with Crippen LogP contribution in [-0.2, 0) is 4.79 Å². The van der Waals surface area contributed by atoms with Crippen LogP contribution in [0.5, 0.6) is 0 Å². The fraction of sp³-hybridized carbons (Fsp3) is 0.462. The number of halogens is 2. The van der Waals surface area contributed by atoms with Crippen molar-refractivity contribution in [2.45, 2.75) is 12.8 Å². The van der Waals surface area contributed by atoms with Gasteiger partial charge in [0.15, 0.2) is 0 Å². The summed E-state index contributed by atoms with van der Waals surface area (Å²) in [7, 11) is 2.07. The second kappa shape index (κ2) is 8.25. The third-order valence-electron chi connectivity index (χ3n) is 3.12. The number of nitrogens with two attached hydrogens (primary N) is 1. The maximum atomic E-state index is 12.0. The summed E-state index contributed by atoms with van der Waals surface area (Å²) in [5.74, 6) is 0.121. The summed E-state index contributed by atoms with van der Waals surface area (Å²) < 4.78 is 0. The summed E-state index contributed by atoms with van der Waals surface area (Å²) in [6.45, 7) is 2.16. The molecule has 0 atom stereocenters. The first-order valence-corrected chi connectivity index (χ1v) is 6.04.